The van der Waals surface area contributed by atoms with Crippen LogP contribution in [0.2, 0.25) is 0 Å². The molecule has 0 saturated carbocycles. The largest absolute Gasteiger partial charge is 0.392 e. The van der Waals surface area contributed by atoms with Gasteiger partial charge in [-0.1, -0.05) is 26.7 Å². The molecule has 0 aromatic carbocycles. The van der Waals surface area contributed by atoms with Crippen molar-refractivity contribution in [2.45, 2.75) is 52.1 Å². The second-order valence-corrected chi connectivity index (χ2v) is 4.59. The molecule has 1 aliphatic rings. The van der Waals surface area contributed by atoms with E-state index in [9.17, 15) is 5.11 Å². The van der Waals surface area contributed by atoms with Crippen LogP contribution in [0.25, 0.3) is 0 Å². The third kappa shape index (κ3) is 3.97. The van der Waals surface area contributed by atoms with Gasteiger partial charge in [0.1, 0.15) is 0 Å². The zero-order valence-corrected chi connectivity index (χ0v) is 9.71. The molecule has 0 radical (unpaired) electrons. The number of β-amino-alcohol motifs (C(OH)–C–C–N with tert-alkyl or cyclic N) is 1. The van der Waals surface area contributed by atoms with Crippen molar-refractivity contribution in [2.24, 2.45) is 5.92 Å². The lowest BCUT2D eigenvalue weighted by Gasteiger charge is -2.32. The summed E-state index contributed by atoms with van der Waals surface area (Å²) >= 11 is 0. The van der Waals surface area contributed by atoms with Crippen molar-refractivity contribution in [3.05, 3.63) is 0 Å². The van der Waals surface area contributed by atoms with Gasteiger partial charge >= 0.3 is 0 Å². The van der Waals surface area contributed by atoms with Crippen LogP contribution in [0.5, 0.6) is 0 Å². The summed E-state index contributed by atoms with van der Waals surface area (Å²) in [6.45, 7) is 7.70. The summed E-state index contributed by atoms with van der Waals surface area (Å²) in [5.74, 6) is 0.939. The van der Waals surface area contributed by atoms with Crippen molar-refractivity contribution >= 4 is 0 Å². The number of hydrogen-bond donors (Lipinski definition) is 1. The first-order valence-electron chi connectivity index (χ1n) is 6.16. The van der Waals surface area contributed by atoms with Gasteiger partial charge in [0.25, 0.3) is 0 Å². The van der Waals surface area contributed by atoms with E-state index >= 15 is 0 Å². The van der Waals surface area contributed by atoms with Crippen LogP contribution < -0.4 is 0 Å². The van der Waals surface area contributed by atoms with E-state index < -0.39 is 0 Å². The van der Waals surface area contributed by atoms with Crippen molar-refractivity contribution in [1.29, 1.82) is 0 Å². The van der Waals surface area contributed by atoms with Crippen LogP contribution in [-0.2, 0) is 0 Å². The van der Waals surface area contributed by atoms with E-state index in [1.54, 1.807) is 0 Å². The molecule has 1 N–H and O–H groups in total. The van der Waals surface area contributed by atoms with Crippen molar-refractivity contribution < 1.29 is 5.11 Å². The van der Waals surface area contributed by atoms with E-state index in [0.29, 0.717) is 0 Å². The summed E-state index contributed by atoms with van der Waals surface area (Å²) in [5, 5.41) is 9.68. The zero-order valence-electron chi connectivity index (χ0n) is 9.71. The SMILES string of the molecule is CCCC(O)CN1CCC(CC)CC1. The average Bonchev–Trinajstić information content (AvgIpc) is 2.19. The Balaban J connectivity index is 2.15. The molecule has 0 aromatic rings. The highest BCUT2D eigenvalue weighted by atomic mass is 16.3. The number of nitrogens with zero attached hydrogens (tertiary/aromatic N) is 1. The minimum atomic E-state index is -0.0989. The number of piperidine rings is 1. The summed E-state index contributed by atoms with van der Waals surface area (Å²) in [5.41, 5.74) is 0. The Hall–Kier alpha value is -0.0800. The van der Waals surface area contributed by atoms with Crippen molar-refractivity contribution in [1.82, 2.24) is 4.90 Å². The molecule has 14 heavy (non-hydrogen) atoms. The maximum absolute atomic E-state index is 9.68. The van der Waals surface area contributed by atoms with E-state index in [2.05, 4.69) is 18.7 Å². The van der Waals surface area contributed by atoms with Gasteiger partial charge in [-0.3, -0.25) is 0 Å². The second kappa shape index (κ2) is 6.41. The molecule has 0 amide bonds. The van der Waals surface area contributed by atoms with E-state index in [0.717, 1.165) is 25.3 Å². The third-order valence-corrected chi connectivity index (χ3v) is 3.38. The first-order chi connectivity index (χ1) is 6.76. The number of likely N-dealkylation sites (tertiary alicyclic amines) is 1. The molecule has 84 valence electrons. The lowest BCUT2D eigenvalue weighted by molar-refractivity contribution is 0.0829. The van der Waals surface area contributed by atoms with Gasteiger partial charge in [-0.25, -0.2) is 0 Å². The summed E-state index contributed by atoms with van der Waals surface area (Å²) in [7, 11) is 0. The van der Waals surface area contributed by atoms with Gasteiger partial charge in [0.2, 0.25) is 0 Å². The lowest BCUT2D eigenvalue weighted by atomic mass is 9.94. The lowest BCUT2D eigenvalue weighted by Crippen LogP contribution is -2.38. The molecule has 0 bridgehead atoms. The monoisotopic (exact) mass is 199 g/mol. The number of aliphatic hydroxyl groups is 1. The van der Waals surface area contributed by atoms with E-state index in [1.807, 2.05) is 0 Å². The molecule has 1 unspecified atom stereocenters. The fourth-order valence-electron chi connectivity index (χ4n) is 2.30. The highest BCUT2D eigenvalue weighted by Gasteiger charge is 2.19. The summed E-state index contributed by atoms with van der Waals surface area (Å²) < 4.78 is 0. The molecular weight excluding hydrogens is 174 g/mol. The topological polar surface area (TPSA) is 23.5 Å². The van der Waals surface area contributed by atoms with Crippen LogP contribution in [0.15, 0.2) is 0 Å². The Morgan fingerprint density at radius 3 is 2.43 bits per heavy atom. The van der Waals surface area contributed by atoms with Gasteiger partial charge in [-0.05, 0) is 38.3 Å². The van der Waals surface area contributed by atoms with Gasteiger partial charge in [-0.15, -0.1) is 0 Å². The molecule has 0 aliphatic carbocycles. The van der Waals surface area contributed by atoms with Gasteiger partial charge < -0.3 is 10.0 Å². The van der Waals surface area contributed by atoms with Gasteiger partial charge in [0.15, 0.2) is 0 Å². The van der Waals surface area contributed by atoms with E-state index in [-0.39, 0.29) is 6.10 Å². The summed E-state index contributed by atoms with van der Waals surface area (Å²) in [6.07, 6.45) is 5.93. The van der Waals surface area contributed by atoms with E-state index in [4.69, 9.17) is 0 Å². The Kier molecular flexibility index (Phi) is 5.49. The normalized spacial score (nSPS) is 22.5. The van der Waals surface area contributed by atoms with E-state index in [1.165, 1.54) is 32.4 Å². The molecule has 1 rings (SSSR count). The Morgan fingerprint density at radius 1 is 1.29 bits per heavy atom. The molecule has 0 aromatic heterocycles. The van der Waals surface area contributed by atoms with Crippen LogP contribution >= 0.6 is 0 Å². The zero-order chi connectivity index (χ0) is 10.4. The average molecular weight is 199 g/mol. The Bertz CT molecular complexity index is 141. The number of hydrogen-bond acceptors (Lipinski definition) is 2. The first-order valence-corrected chi connectivity index (χ1v) is 6.16. The molecule has 1 aliphatic heterocycles. The van der Waals surface area contributed by atoms with Crippen LogP contribution in [0.1, 0.15) is 46.0 Å². The Morgan fingerprint density at radius 2 is 1.93 bits per heavy atom. The van der Waals surface area contributed by atoms with Gasteiger partial charge in [0.05, 0.1) is 6.10 Å². The van der Waals surface area contributed by atoms with Crippen molar-refractivity contribution in [2.75, 3.05) is 19.6 Å². The van der Waals surface area contributed by atoms with Gasteiger partial charge in [0, 0.05) is 6.54 Å². The molecule has 2 heteroatoms. The number of aliphatic hydroxyl groups excluding tert-OH is 1. The van der Waals surface area contributed by atoms with Crippen LogP contribution in [-0.4, -0.2) is 35.7 Å². The molecule has 1 atom stereocenters. The van der Waals surface area contributed by atoms with Crippen molar-refractivity contribution in [3.8, 4) is 0 Å². The predicted molar refractivity (Wildman–Crippen MR) is 60.4 cm³/mol. The van der Waals surface area contributed by atoms with Crippen LogP contribution in [0, 0.1) is 5.92 Å². The summed E-state index contributed by atoms with van der Waals surface area (Å²) in [4.78, 5) is 2.42. The molecule has 1 fully saturated rings. The molecule has 1 saturated heterocycles. The molecule has 0 spiro atoms. The quantitative estimate of drug-likeness (QED) is 0.734. The second-order valence-electron chi connectivity index (χ2n) is 4.59. The van der Waals surface area contributed by atoms with Crippen LogP contribution in [0.3, 0.4) is 0 Å². The molecular formula is C12H25NO. The fourth-order valence-corrected chi connectivity index (χ4v) is 2.30. The fraction of sp³-hybridized carbons (Fsp3) is 1.00. The molecule has 2 nitrogen and oxygen atoms in total. The minimum Gasteiger partial charge on any atom is -0.392 e. The maximum atomic E-state index is 9.68. The van der Waals surface area contributed by atoms with Crippen molar-refractivity contribution in [3.63, 3.8) is 0 Å². The highest BCUT2D eigenvalue weighted by Crippen LogP contribution is 2.20. The first kappa shape index (κ1) is 12.0. The minimum absolute atomic E-state index is 0.0989. The maximum Gasteiger partial charge on any atom is 0.0667 e. The summed E-state index contributed by atoms with van der Waals surface area (Å²) in [6, 6.07) is 0. The highest BCUT2D eigenvalue weighted by molar-refractivity contribution is 4.73. The Labute approximate surface area is 88.3 Å². The standard InChI is InChI=1S/C12H25NO/c1-3-5-12(14)10-13-8-6-11(4-2)7-9-13/h11-12,14H,3-10H2,1-2H3. The smallest absolute Gasteiger partial charge is 0.0667 e. The number of rotatable bonds is 5. The van der Waals surface area contributed by atoms with Gasteiger partial charge in [-0.2, -0.15) is 0 Å². The van der Waals surface area contributed by atoms with Crippen LogP contribution in [0.4, 0.5) is 0 Å². The molecule has 1 heterocycles. The third-order valence-electron chi connectivity index (χ3n) is 3.38. The predicted octanol–water partition coefficient (Wildman–Crippen LogP) is 2.27.